The second kappa shape index (κ2) is 11.7. The topological polar surface area (TPSA) is 105 Å². The number of aliphatic hydroxyl groups is 2. The molecule has 2 aliphatic rings. The highest BCUT2D eigenvalue weighted by molar-refractivity contribution is 5.66. The van der Waals surface area contributed by atoms with Gasteiger partial charge in [-0.25, -0.2) is 4.39 Å². The summed E-state index contributed by atoms with van der Waals surface area (Å²) < 4.78 is 30.6. The van der Waals surface area contributed by atoms with Crippen LogP contribution in [0.4, 0.5) is 4.39 Å². The molecule has 8 heteroatoms. The number of hydrogen-bond donors (Lipinski definition) is 3. The third-order valence-corrected chi connectivity index (χ3v) is 6.30. The maximum atomic E-state index is 13.1. The van der Waals surface area contributed by atoms with Gasteiger partial charge in [0.25, 0.3) is 0 Å². The summed E-state index contributed by atoms with van der Waals surface area (Å²) in [6.45, 7) is 1.05. The Morgan fingerprint density at radius 1 is 1.12 bits per heavy atom. The Labute approximate surface area is 187 Å². The van der Waals surface area contributed by atoms with Gasteiger partial charge in [0.15, 0.2) is 0 Å². The lowest BCUT2D eigenvalue weighted by molar-refractivity contribution is -0.185. The van der Waals surface area contributed by atoms with E-state index in [0.717, 1.165) is 0 Å². The summed E-state index contributed by atoms with van der Waals surface area (Å²) in [5.41, 5.74) is 0. The molecule has 4 atom stereocenters. The van der Waals surface area contributed by atoms with E-state index in [1.54, 1.807) is 12.1 Å². The molecule has 1 aromatic carbocycles. The van der Waals surface area contributed by atoms with Crippen LogP contribution >= 0.6 is 0 Å². The molecule has 32 heavy (non-hydrogen) atoms. The Bertz CT molecular complexity index is 745. The fraction of sp³-hybridized carbons (Fsp3) is 0.625. The number of allylic oxidation sites excluding steroid dienone is 2. The maximum absolute atomic E-state index is 13.1. The predicted octanol–water partition coefficient (Wildman–Crippen LogP) is 3.29. The van der Waals surface area contributed by atoms with Gasteiger partial charge >= 0.3 is 5.97 Å². The molecular weight excluding hydrogens is 419 g/mol. The predicted molar refractivity (Wildman–Crippen MR) is 115 cm³/mol. The van der Waals surface area contributed by atoms with Crippen molar-refractivity contribution in [3.05, 3.63) is 42.2 Å². The molecule has 0 radical (unpaired) electrons. The van der Waals surface area contributed by atoms with Crippen LogP contribution in [0.3, 0.4) is 0 Å². The highest BCUT2D eigenvalue weighted by Gasteiger charge is 2.44. The Kier molecular flexibility index (Phi) is 9.04. The Morgan fingerprint density at radius 3 is 2.50 bits per heavy atom. The second-order valence-electron chi connectivity index (χ2n) is 8.58. The zero-order chi connectivity index (χ0) is 23.0. The fourth-order valence-corrected chi connectivity index (χ4v) is 4.56. The van der Waals surface area contributed by atoms with Crippen LogP contribution < -0.4 is 4.74 Å². The molecule has 0 spiro atoms. The van der Waals surface area contributed by atoms with Crippen LogP contribution in [-0.2, 0) is 14.3 Å². The minimum absolute atomic E-state index is 0.0859. The van der Waals surface area contributed by atoms with Crippen LogP contribution in [0, 0.1) is 17.7 Å². The number of carboxylic acid groups (broad SMARTS) is 1. The van der Waals surface area contributed by atoms with Crippen LogP contribution in [0.2, 0.25) is 0 Å². The van der Waals surface area contributed by atoms with E-state index in [1.165, 1.54) is 12.1 Å². The molecule has 0 aromatic heterocycles. The molecule has 0 amide bonds. The first-order chi connectivity index (χ1) is 15.4. The number of carbonyl (C=O) groups is 1. The lowest BCUT2D eigenvalue weighted by Gasteiger charge is -2.30. The molecule has 1 saturated heterocycles. The van der Waals surface area contributed by atoms with E-state index >= 15 is 0 Å². The first kappa shape index (κ1) is 24.6. The summed E-state index contributed by atoms with van der Waals surface area (Å²) >= 11 is 0. The number of ether oxygens (including phenoxy) is 3. The van der Waals surface area contributed by atoms with Gasteiger partial charge in [0.1, 0.15) is 18.2 Å². The van der Waals surface area contributed by atoms with E-state index in [1.807, 2.05) is 12.2 Å². The van der Waals surface area contributed by atoms with Crippen molar-refractivity contribution in [3.8, 4) is 5.75 Å². The van der Waals surface area contributed by atoms with Crippen molar-refractivity contribution in [1.29, 1.82) is 0 Å². The van der Waals surface area contributed by atoms with Gasteiger partial charge in [0, 0.05) is 12.8 Å². The van der Waals surface area contributed by atoms with Crippen molar-refractivity contribution in [2.24, 2.45) is 11.8 Å². The Morgan fingerprint density at radius 2 is 1.81 bits per heavy atom. The van der Waals surface area contributed by atoms with Gasteiger partial charge in [-0.05, 0) is 68.2 Å². The third-order valence-electron chi connectivity index (χ3n) is 6.30. The number of unbranched alkanes of at least 4 members (excludes halogenated alkanes) is 1. The van der Waals surface area contributed by atoms with Crippen LogP contribution in [0.15, 0.2) is 36.4 Å². The summed E-state index contributed by atoms with van der Waals surface area (Å²) in [5.74, 6) is -1.75. The number of rotatable bonds is 12. The van der Waals surface area contributed by atoms with E-state index in [0.29, 0.717) is 57.5 Å². The number of benzene rings is 1. The van der Waals surface area contributed by atoms with Gasteiger partial charge < -0.3 is 29.5 Å². The molecule has 1 heterocycles. The fourth-order valence-electron chi connectivity index (χ4n) is 4.56. The molecular formula is C24H33FO7. The van der Waals surface area contributed by atoms with Gasteiger partial charge in [-0.3, -0.25) is 4.79 Å². The smallest absolute Gasteiger partial charge is 0.303 e. The summed E-state index contributed by atoms with van der Waals surface area (Å²) in [4.78, 5) is 10.6. The van der Waals surface area contributed by atoms with E-state index in [-0.39, 0.29) is 30.7 Å². The first-order valence-corrected chi connectivity index (χ1v) is 11.3. The zero-order valence-corrected chi connectivity index (χ0v) is 18.2. The van der Waals surface area contributed by atoms with Crippen molar-refractivity contribution in [2.75, 3.05) is 19.8 Å². The van der Waals surface area contributed by atoms with Crippen LogP contribution in [0.5, 0.6) is 5.75 Å². The number of aliphatic carboxylic acids is 1. The normalized spacial score (nSPS) is 27.2. The molecule has 3 rings (SSSR count). The highest BCUT2D eigenvalue weighted by Crippen LogP contribution is 2.40. The Balaban J connectivity index is 1.53. The van der Waals surface area contributed by atoms with Crippen molar-refractivity contribution < 1.29 is 38.7 Å². The molecule has 2 fully saturated rings. The average Bonchev–Trinajstić information content (AvgIpc) is 3.33. The first-order valence-electron chi connectivity index (χ1n) is 11.3. The largest absolute Gasteiger partial charge is 0.488 e. The molecule has 1 aliphatic carbocycles. The van der Waals surface area contributed by atoms with Crippen molar-refractivity contribution >= 4 is 5.97 Å². The summed E-state index contributed by atoms with van der Waals surface area (Å²) in [6, 6.07) is 5.75. The summed E-state index contributed by atoms with van der Waals surface area (Å²) in [5, 5.41) is 29.7. The molecule has 7 nitrogen and oxygen atoms in total. The van der Waals surface area contributed by atoms with E-state index < -0.39 is 24.0 Å². The minimum atomic E-state index is -0.932. The molecule has 0 unspecified atom stereocenters. The van der Waals surface area contributed by atoms with E-state index in [9.17, 15) is 19.4 Å². The molecule has 0 bridgehead atoms. The van der Waals surface area contributed by atoms with Crippen LogP contribution in [-0.4, -0.2) is 59.1 Å². The molecule has 178 valence electrons. The maximum Gasteiger partial charge on any atom is 0.303 e. The van der Waals surface area contributed by atoms with Crippen molar-refractivity contribution in [1.82, 2.24) is 0 Å². The number of hydrogen-bond acceptors (Lipinski definition) is 6. The number of aliphatic hydroxyl groups excluding tert-OH is 2. The third kappa shape index (κ3) is 7.00. The van der Waals surface area contributed by atoms with Gasteiger partial charge in [0.05, 0.1) is 25.4 Å². The molecule has 1 saturated carbocycles. The van der Waals surface area contributed by atoms with Gasteiger partial charge in [0.2, 0.25) is 5.79 Å². The zero-order valence-electron chi connectivity index (χ0n) is 18.2. The second-order valence-corrected chi connectivity index (χ2v) is 8.58. The summed E-state index contributed by atoms with van der Waals surface area (Å²) in [7, 11) is 0. The lowest BCUT2D eigenvalue weighted by Crippen LogP contribution is -2.38. The van der Waals surface area contributed by atoms with E-state index in [4.69, 9.17) is 19.3 Å². The minimum Gasteiger partial charge on any atom is -0.488 e. The highest BCUT2D eigenvalue weighted by atomic mass is 19.1. The van der Waals surface area contributed by atoms with Crippen molar-refractivity contribution in [2.45, 2.75) is 62.9 Å². The monoisotopic (exact) mass is 452 g/mol. The van der Waals surface area contributed by atoms with Gasteiger partial charge in [-0.15, -0.1) is 0 Å². The molecule has 3 N–H and O–H groups in total. The van der Waals surface area contributed by atoms with Crippen LogP contribution in [0.25, 0.3) is 0 Å². The number of carboxylic acids is 1. The number of halogens is 1. The van der Waals surface area contributed by atoms with Crippen molar-refractivity contribution in [3.63, 3.8) is 0 Å². The quantitative estimate of drug-likeness (QED) is 0.330. The lowest BCUT2D eigenvalue weighted by atomic mass is 9.85. The standard InChI is InChI=1S/C24H33FO7/c25-17-7-9-18(10-8-17)30-16-24(31-13-14-32-24)12-11-20-19(21(26)15-22(20)27)5-3-1-2-4-6-23(28)29/h1,3,7-10,19-22,26-27H,2,4-6,11-16H2,(H,28,29)/b3-1-/t19-,20-,21+,22-/m1/s1. The SMILES string of the molecule is O=C(O)CCC/C=C\C[C@@H]1[C@@H](CCC2(COc3ccc(F)cc3)OCCO2)[C@H](O)C[C@@H]1O. The molecule has 1 aliphatic heterocycles. The average molecular weight is 453 g/mol. The van der Waals surface area contributed by atoms with Crippen LogP contribution in [0.1, 0.15) is 44.9 Å². The van der Waals surface area contributed by atoms with E-state index in [2.05, 4.69) is 0 Å². The summed E-state index contributed by atoms with van der Waals surface area (Å²) in [6.07, 6.45) is 6.17. The van der Waals surface area contributed by atoms with Gasteiger partial charge in [-0.2, -0.15) is 0 Å². The molecule has 1 aromatic rings. The van der Waals surface area contributed by atoms with Gasteiger partial charge in [-0.1, -0.05) is 12.2 Å². The Hall–Kier alpha value is -2.00.